The first-order chi connectivity index (χ1) is 20.6. The average molecular weight is 606 g/mol. The monoisotopic (exact) mass is 605 g/mol. The highest BCUT2D eigenvalue weighted by atomic mass is 16.6. The summed E-state index contributed by atoms with van der Waals surface area (Å²) in [5.41, 5.74) is 1.09. The van der Waals surface area contributed by atoms with Crippen molar-refractivity contribution in [1.82, 2.24) is 15.5 Å². The summed E-state index contributed by atoms with van der Waals surface area (Å²) < 4.78 is 32.4. The van der Waals surface area contributed by atoms with E-state index in [1.165, 1.54) is 4.90 Å². The number of benzene rings is 1. The molecule has 3 atom stereocenters. The van der Waals surface area contributed by atoms with Crippen molar-refractivity contribution in [2.24, 2.45) is 0 Å². The van der Waals surface area contributed by atoms with E-state index >= 15 is 0 Å². The Bertz CT molecular complexity index is 1100. The molecule has 1 unspecified atom stereocenters. The predicted octanol–water partition coefficient (Wildman–Crippen LogP) is 1.72. The van der Waals surface area contributed by atoms with Crippen molar-refractivity contribution in [1.29, 1.82) is 0 Å². The summed E-state index contributed by atoms with van der Waals surface area (Å²) in [4.78, 5) is 37.4. The maximum atomic E-state index is 12.4. The highest BCUT2D eigenvalue weighted by molar-refractivity contribution is 5.87. The van der Waals surface area contributed by atoms with E-state index in [1.54, 1.807) is 20.8 Å². The molecule has 13 nitrogen and oxygen atoms in total. The molecule has 3 amide bonds. The van der Waals surface area contributed by atoms with E-state index in [-0.39, 0.29) is 19.1 Å². The van der Waals surface area contributed by atoms with Crippen LogP contribution in [0.4, 0.5) is 9.59 Å². The topological polar surface area (TPSA) is 154 Å². The Morgan fingerprint density at radius 1 is 1.00 bits per heavy atom. The largest absolute Gasteiger partial charge is 0.444 e. The number of amides is 3. The van der Waals surface area contributed by atoms with Crippen molar-refractivity contribution in [3.8, 4) is 11.8 Å². The van der Waals surface area contributed by atoms with Gasteiger partial charge in [0, 0.05) is 12.1 Å². The highest BCUT2D eigenvalue weighted by Gasteiger charge is 2.41. The number of alkyl carbamates (subject to hydrolysis) is 1. The van der Waals surface area contributed by atoms with Crippen LogP contribution in [0.15, 0.2) is 24.3 Å². The van der Waals surface area contributed by atoms with E-state index in [9.17, 15) is 19.5 Å². The second-order valence-electron chi connectivity index (χ2n) is 10.9. The van der Waals surface area contributed by atoms with Gasteiger partial charge in [-0.05, 0) is 51.3 Å². The fourth-order valence-corrected chi connectivity index (χ4v) is 4.23. The molecule has 238 valence electrons. The number of hydrogen-bond acceptors (Lipinski definition) is 10. The van der Waals surface area contributed by atoms with Gasteiger partial charge in [0.25, 0.3) is 0 Å². The molecule has 0 spiro atoms. The molecule has 1 aromatic rings. The number of piperidine rings is 1. The summed E-state index contributed by atoms with van der Waals surface area (Å²) in [5.74, 6) is 5.62. The van der Waals surface area contributed by atoms with Gasteiger partial charge in [0.15, 0.2) is 0 Å². The maximum Gasteiger partial charge on any atom is 0.411 e. The number of nitrogens with one attached hydrogen (secondary N) is 2. The summed E-state index contributed by atoms with van der Waals surface area (Å²) in [6, 6.07) is 6.75. The number of ether oxygens (including phenoxy) is 6. The second-order valence-corrected chi connectivity index (χ2v) is 10.9. The van der Waals surface area contributed by atoms with Gasteiger partial charge in [-0.15, -0.1) is 0 Å². The fourth-order valence-electron chi connectivity index (χ4n) is 4.23. The van der Waals surface area contributed by atoms with Gasteiger partial charge in [0.2, 0.25) is 5.91 Å². The van der Waals surface area contributed by atoms with Crippen LogP contribution in [0.2, 0.25) is 0 Å². The van der Waals surface area contributed by atoms with Gasteiger partial charge in [0.1, 0.15) is 30.6 Å². The Morgan fingerprint density at radius 3 is 2.26 bits per heavy atom. The smallest absolute Gasteiger partial charge is 0.411 e. The van der Waals surface area contributed by atoms with Crippen LogP contribution in [-0.2, 0) is 33.2 Å². The first kappa shape index (κ1) is 34.1. The summed E-state index contributed by atoms with van der Waals surface area (Å²) in [6.07, 6.45) is -1.57. The van der Waals surface area contributed by atoms with Crippen LogP contribution in [0, 0.1) is 11.8 Å². The minimum atomic E-state index is -0.872. The lowest BCUT2D eigenvalue weighted by molar-refractivity contribution is -0.131. The van der Waals surface area contributed by atoms with Crippen LogP contribution >= 0.6 is 0 Å². The van der Waals surface area contributed by atoms with E-state index in [4.69, 9.17) is 28.4 Å². The molecular formula is C30H43N3O10. The highest BCUT2D eigenvalue weighted by Crippen LogP contribution is 2.29. The summed E-state index contributed by atoms with van der Waals surface area (Å²) >= 11 is 0. The third-order valence-electron chi connectivity index (χ3n) is 6.26. The summed E-state index contributed by atoms with van der Waals surface area (Å²) in [5, 5.41) is 14.6. The molecule has 3 N–H and O–H groups in total. The molecule has 0 bridgehead atoms. The van der Waals surface area contributed by atoms with Gasteiger partial charge in [-0.25, -0.2) is 9.59 Å². The first-order valence-corrected chi connectivity index (χ1v) is 14.4. The van der Waals surface area contributed by atoms with Crippen molar-refractivity contribution >= 4 is 18.1 Å². The van der Waals surface area contributed by atoms with Crippen LogP contribution in [0.25, 0.3) is 0 Å². The zero-order valence-electron chi connectivity index (χ0n) is 25.1. The van der Waals surface area contributed by atoms with Gasteiger partial charge in [-0.3, -0.25) is 9.69 Å². The minimum absolute atomic E-state index is 0.259. The molecule has 2 heterocycles. The van der Waals surface area contributed by atoms with Gasteiger partial charge < -0.3 is 44.2 Å². The third kappa shape index (κ3) is 12.8. The van der Waals surface area contributed by atoms with Crippen LogP contribution in [0.5, 0.6) is 0 Å². The first-order valence-electron chi connectivity index (χ1n) is 14.4. The Labute approximate surface area is 252 Å². The van der Waals surface area contributed by atoms with Gasteiger partial charge >= 0.3 is 12.2 Å². The predicted molar refractivity (Wildman–Crippen MR) is 154 cm³/mol. The average Bonchev–Trinajstić information content (AvgIpc) is 3.33. The fraction of sp³-hybridized carbons (Fsp3) is 0.633. The van der Waals surface area contributed by atoms with Crippen LogP contribution in [0.1, 0.15) is 50.8 Å². The number of nitrogens with zero attached hydrogens (tertiary/aromatic N) is 1. The molecular weight excluding hydrogens is 562 g/mol. The molecule has 2 aliphatic rings. The Balaban J connectivity index is 1.17. The number of rotatable bonds is 15. The van der Waals surface area contributed by atoms with Crippen molar-refractivity contribution in [3.63, 3.8) is 0 Å². The number of cyclic esters (lactones) is 1. The Kier molecular flexibility index (Phi) is 14.0. The van der Waals surface area contributed by atoms with E-state index in [0.29, 0.717) is 65.6 Å². The molecule has 43 heavy (non-hydrogen) atoms. The van der Waals surface area contributed by atoms with Gasteiger partial charge in [-0.1, -0.05) is 24.0 Å². The number of aliphatic hydroxyl groups is 1. The molecule has 0 saturated carbocycles. The molecule has 2 aliphatic heterocycles. The standard InChI is InChI=1S/C30H43N3O10/c1-30(2,3)43-28(36)31-12-14-39-16-18-41-20-19-40-17-15-38-13-4-5-22-6-8-23(9-7-22)25-21-33(29(37)42-25)24-10-11-26(34)32-27(24)35/h6-9,24-26,34H,10-21H2,1-3H3,(H,31,36)(H,32,35)/t24-,25+,26?/m0/s1. The lowest BCUT2D eigenvalue weighted by atomic mass is 10.0. The number of aliphatic hydroxyl groups excluding tert-OH is 1. The molecule has 13 heteroatoms. The summed E-state index contributed by atoms with van der Waals surface area (Å²) in [6.45, 7) is 9.23. The van der Waals surface area contributed by atoms with Crippen molar-refractivity contribution in [3.05, 3.63) is 35.4 Å². The van der Waals surface area contributed by atoms with Crippen molar-refractivity contribution in [2.75, 3.05) is 65.9 Å². The van der Waals surface area contributed by atoms with Gasteiger partial charge in [-0.2, -0.15) is 0 Å². The van der Waals surface area contributed by atoms with E-state index in [0.717, 1.165) is 11.1 Å². The molecule has 1 aromatic carbocycles. The molecule has 0 aromatic heterocycles. The molecule has 0 aliphatic carbocycles. The van der Waals surface area contributed by atoms with E-state index in [1.807, 2.05) is 24.3 Å². The van der Waals surface area contributed by atoms with Gasteiger partial charge in [0.05, 0.1) is 52.8 Å². The molecule has 2 saturated heterocycles. The van der Waals surface area contributed by atoms with Crippen molar-refractivity contribution < 1.29 is 47.9 Å². The number of carbonyl (C=O) groups is 3. The minimum Gasteiger partial charge on any atom is -0.444 e. The Morgan fingerprint density at radius 2 is 1.63 bits per heavy atom. The molecule has 3 rings (SSSR count). The normalized spacial score (nSPS) is 20.2. The van der Waals surface area contributed by atoms with E-state index < -0.39 is 36.2 Å². The Hall–Kier alpha value is -3.41. The lowest BCUT2D eigenvalue weighted by Gasteiger charge is -2.30. The van der Waals surface area contributed by atoms with Crippen molar-refractivity contribution in [2.45, 2.75) is 57.6 Å². The second kappa shape index (κ2) is 17.6. The number of hydrogen-bond donors (Lipinski definition) is 3. The van der Waals surface area contributed by atoms with Crippen LogP contribution in [-0.4, -0.2) is 112 Å². The van der Waals surface area contributed by atoms with Crippen LogP contribution in [0.3, 0.4) is 0 Å². The van der Waals surface area contributed by atoms with Crippen LogP contribution < -0.4 is 10.6 Å². The maximum absolute atomic E-state index is 12.4. The summed E-state index contributed by atoms with van der Waals surface area (Å²) in [7, 11) is 0. The lowest BCUT2D eigenvalue weighted by Crippen LogP contribution is -2.54. The van der Waals surface area contributed by atoms with E-state index in [2.05, 4.69) is 22.5 Å². The zero-order chi connectivity index (χ0) is 31.1. The SMILES string of the molecule is CC(C)(C)OC(=O)NCCOCCOCCOCCOCC#Cc1ccc([C@H]2CN([C@H]3CCC(O)NC3=O)C(=O)O2)cc1. The molecule has 0 radical (unpaired) electrons. The quantitative estimate of drug-likeness (QED) is 0.199. The molecule has 2 fully saturated rings. The zero-order valence-corrected chi connectivity index (χ0v) is 25.1. The number of carbonyl (C=O) groups excluding carboxylic acids is 3. The third-order valence-corrected chi connectivity index (χ3v) is 6.26.